The Balaban J connectivity index is 1.83. The van der Waals surface area contributed by atoms with Crippen LogP contribution in [-0.2, 0) is 6.42 Å². The van der Waals surface area contributed by atoms with E-state index in [4.69, 9.17) is 12.2 Å². The molecular formula is C16H13N5O2S. The normalized spacial score (nSPS) is 11.0. The predicted octanol–water partition coefficient (Wildman–Crippen LogP) is 3.32. The summed E-state index contributed by atoms with van der Waals surface area (Å²) >= 11 is 5.20. The average Bonchev–Trinajstić information content (AvgIpc) is 2.94. The number of nitrogens with zero attached hydrogens (tertiary/aromatic N) is 4. The number of H-pyrrole nitrogens is 1. The van der Waals surface area contributed by atoms with Crippen LogP contribution in [0, 0.1) is 14.9 Å². The molecule has 3 aromatic rings. The lowest BCUT2D eigenvalue weighted by Gasteiger charge is -2.01. The van der Waals surface area contributed by atoms with E-state index < -0.39 is 4.92 Å². The van der Waals surface area contributed by atoms with E-state index >= 15 is 0 Å². The molecule has 0 saturated heterocycles. The van der Waals surface area contributed by atoms with Crippen molar-refractivity contribution in [3.05, 3.63) is 86.4 Å². The molecule has 1 aromatic heterocycles. The molecule has 0 bridgehead atoms. The second kappa shape index (κ2) is 6.97. The van der Waals surface area contributed by atoms with Gasteiger partial charge in [-0.15, -0.1) is 0 Å². The maximum absolute atomic E-state index is 10.7. The highest BCUT2D eigenvalue weighted by Crippen LogP contribution is 2.11. The van der Waals surface area contributed by atoms with Crippen LogP contribution >= 0.6 is 12.2 Å². The summed E-state index contributed by atoms with van der Waals surface area (Å²) in [6.07, 6.45) is 2.18. The zero-order valence-electron chi connectivity index (χ0n) is 12.5. The lowest BCUT2D eigenvalue weighted by Crippen LogP contribution is -2.00. The van der Waals surface area contributed by atoms with E-state index in [-0.39, 0.29) is 5.69 Å². The van der Waals surface area contributed by atoms with Crippen LogP contribution < -0.4 is 0 Å². The van der Waals surface area contributed by atoms with Crippen molar-refractivity contribution in [3.63, 3.8) is 0 Å². The molecule has 0 atom stereocenters. The molecule has 8 heteroatoms. The van der Waals surface area contributed by atoms with Crippen molar-refractivity contribution in [2.75, 3.05) is 0 Å². The van der Waals surface area contributed by atoms with E-state index in [2.05, 4.69) is 15.3 Å². The first-order chi connectivity index (χ1) is 11.6. The highest BCUT2D eigenvalue weighted by molar-refractivity contribution is 7.71. The molecule has 0 spiro atoms. The third kappa shape index (κ3) is 3.61. The quantitative estimate of drug-likeness (QED) is 0.334. The number of nitro groups is 1. The number of non-ortho nitro benzene ring substituents is 1. The fourth-order valence-electron chi connectivity index (χ4n) is 2.14. The Hall–Kier alpha value is -3.13. The van der Waals surface area contributed by atoms with E-state index in [9.17, 15) is 10.1 Å². The van der Waals surface area contributed by atoms with E-state index in [0.29, 0.717) is 17.0 Å². The van der Waals surface area contributed by atoms with Gasteiger partial charge in [-0.2, -0.15) is 14.9 Å². The van der Waals surface area contributed by atoms with E-state index in [1.165, 1.54) is 12.1 Å². The van der Waals surface area contributed by atoms with E-state index in [1.54, 1.807) is 23.0 Å². The van der Waals surface area contributed by atoms with Gasteiger partial charge in [0.25, 0.3) is 5.69 Å². The highest BCUT2D eigenvalue weighted by Gasteiger charge is 2.06. The second-order valence-corrected chi connectivity index (χ2v) is 5.40. The summed E-state index contributed by atoms with van der Waals surface area (Å²) in [5.41, 5.74) is 1.87. The van der Waals surface area contributed by atoms with Gasteiger partial charge in [-0.3, -0.25) is 15.2 Å². The Morgan fingerprint density at radius 3 is 2.58 bits per heavy atom. The maximum Gasteiger partial charge on any atom is 0.269 e. The van der Waals surface area contributed by atoms with Gasteiger partial charge in [-0.25, -0.2) is 0 Å². The zero-order chi connectivity index (χ0) is 16.9. The predicted molar refractivity (Wildman–Crippen MR) is 92.7 cm³/mol. The number of hydrogen-bond donors (Lipinski definition) is 1. The van der Waals surface area contributed by atoms with Crippen molar-refractivity contribution in [1.82, 2.24) is 14.9 Å². The minimum Gasteiger partial charge on any atom is -0.258 e. The molecule has 0 saturated carbocycles. The number of aromatic nitrogens is 3. The fourth-order valence-corrected chi connectivity index (χ4v) is 2.34. The second-order valence-electron chi connectivity index (χ2n) is 5.01. The van der Waals surface area contributed by atoms with Gasteiger partial charge in [0.1, 0.15) is 0 Å². The van der Waals surface area contributed by atoms with Gasteiger partial charge in [-0.1, -0.05) is 30.3 Å². The summed E-state index contributed by atoms with van der Waals surface area (Å²) in [7, 11) is 0. The summed E-state index contributed by atoms with van der Waals surface area (Å²) in [5.74, 6) is 0.685. The molecule has 0 radical (unpaired) electrons. The third-order valence-electron chi connectivity index (χ3n) is 3.35. The minimum absolute atomic E-state index is 0.0387. The summed E-state index contributed by atoms with van der Waals surface area (Å²) in [4.78, 5) is 10.2. The van der Waals surface area contributed by atoms with Crippen molar-refractivity contribution in [2.45, 2.75) is 6.42 Å². The van der Waals surface area contributed by atoms with Crippen molar-refractivity contribution < 1.29 is 4.92 Å². The molecule has 1 N–H and O–H groups in total. The van der Waals surface area contributed by atoms with Crippen molar-refractivity contribution in [2.24, 2.45) is 5.10 Å². The number of nitro benzene ring substituents is 1. The van der Waals surface area contributed by atoms with Gasteiger partial charge < -0.3 is 0 Å². The number of aromatic amines is 1. The standard InChI is InChI=1S/C16H13N5O2S/c22-21(23)14-8-6-13(7-9-14)11-17-20-15(18-19-16(20)24)10-12-4-2-1-3-5-12/h1-9,11H,10H2,(H,19,24)/b17-11-. The molecule has 0 aliphatic carbocycles. The summed E-state index contributed by atoms with van der Waals surface area (Å²) in [5, 5.41) is 21.9. The van der Waals surface area contributed by atoms with Gasteiger partial charge in [0, 0.05) is 18.6 Å². The monoisotopic (exact) mass is 339 g/mol. The molecule has 1 heterocycles. The molecule has 0 fully saturated rings. The largest absolute Gasteiger partial charge is 0.269 e. The summed E-state index contributed by atoms with van der Waals surface area (Å²) in [6, 6.07) is 16.0. The van der Waals surface area contributed by atoms with Crippen molar-refractivity contribution in [1.29, 1.82) is 0 Å². The lowest BCUT2D eigenvalue weighted by atomic mass is 10.1. The summed E-state index contributed by atoms with van der Waals surface area (Å²) in [6.45, 7) is 0. The van der Waals surface area contributed by atoms with Crippen LogP contribution in [0.3, 0.4) is 0 Å². The minimum atomic E-state index is -0.439. The first kappa shape index (κ1) is 15.8. The van der Waals surface area contributed by atoms with Crippen LogP contribution in [0.25, 0.3) is 0 Å². The molecule has 2 aromatic carbocycles. The molecule has 0 aliphatic heterocycles. The Kier molecular flexibility index (Phi) is 4.57. The van der Waals surface area contributed by atoms with Gasteiger partial charge in [0.05, 0.1) is 11.1 Å². The first-order valence-electron chi connectivity index (χ1n) is 7.12. The Morgan fingerprint density at radius 1 is 1.21 bits per heavy atom. The van der Waals surface area contributed by atoms with Crippen molar-refractivity contribution in [3.8, 4) is 0 Å². The smallest absolute Gasteiger partial charge is 0.258 e. The molecule has 0 aliphatic rings. The third-order valence-corrected chi connectivity index (χ3v) is 3.61. The Morgan fingerprint density at radius 2 is 1.92 bits per heavy atom. The van der Waals surface area contributed by atoms with Crippen LogP contribution in [0.1, 0.15) is 17.0 Å². The van der Waals surface area contributed by atoms with Gasteiger partial charge in [0.2, 0.25) is 4.77 Å². The molecule has 0 unspecified atom stereocenters. The van der Waals surface area contributed by atoms with E-state index in [1.807, 2.05) is 30.3 Å². The average molecular weight is 339 g/mol. The first-order valence-corrected chi connectivity index (χ1v) is 7.53. The zero-order valence-corrected chi connectivity index (χ0v) is 13.3. The molecule has 7 nitrogen and oxygen atoms in total. The maximum atomic E-state index is 10.7. The summed E-state index contributed by atoms with van der Waals surface area (Å²) < 4.78 is 1.93. The number of nitrogens with one attached hydrogen (secondary N) is 1. The van der Waals surface area contributed by atoms with Crippen molar-refractivity contribution >= 4 is 24.1 Å². The van der Waals surface area contributed by atoms with Crippen LogP contribution in [0.5, 0.6) is 0 Å². The van der Waals surface area contributed by atoms with Crippen LogP contribution in [0.2, 0.25) is 0 Å². The number of hydrogen-bond acceptors (Lipinski definition) is 5. The number of rotatable bonds is 5. The Bertz CT molecular complexity index is 929. The Labute approximate surface area is 142 Å². The highest BCUT2D eigenvalue weighted by atomic mass is 32.1. The molecule has 24 heavy (non-hydrogen) atoms. The molecular weight excluding hydrogens is 326 g/mol. The molecule has 0 amide bonds. The molecule has 3 rings (SSSR count). The fraction of sp³-hybridized carbons (Fsp3) is 0.0625. The SMILES string of the molecule is O=[N+]([O-])c1ccc(/C=N\n2c(Cc3ccccc3)n[nH]c2=S)cc1. The molecule has 120 valence electrons. The van der Waals surface area contributed by atoms with E-state index in [0.717, 1.165) is 11.1 Å². The topological polar surface area (TPSA) is 89.1 Å². The number of benzene rings is 2. The lowest BCUT2D eigenvalue weighted by molar-refractivity contribution is -0.384. The van der Waals surface area contributed by atoms with Gasteiger partial charge in [-0.05, 0) is 35.5 Å². The van der Waals surface area contributed by atoms with Crippen LogP contribution in [-0.4, -0.2) is 26.0 Å². The van der Waals surface area contributed by atoms with Gasteiger partial charge >= 0.3 is 0 Å². The van der Waals surface area contributed by atoms with Crippen LogP contribution in [0.15, 0.2) is 59.7 Å². The van der Waals surface area contributed by atoms with Crippen LogP contribution in [0.4, 0.5) is 5.69 Å². The van der Waals surface area contributed by atoms with Gasteiger partial charge in [0.15, 0.2) is 5.82 Å².